The fourth-order valence-electron chi connectivity index (χ4n) is 2.49. The van der Waals surface area contributed by atoms with Gasteiger partial charge in [0.15, 0.2) is 10.9 Å². The summed E-state index contributed by atoms with van der Waals surface area (Å²) in [5, 5.41) is 11.9. The highest BCUT2D eigenvalue weighted by Crippen LogP contribution is 2.36. The molecule has 0 unspecified atom stereocenters. The first-order valence-electron chi connectivity index (χ1n) is 7.97. The number of para-hydroxylation sites is 2. The van der Waals surface area contributed by atoms with E-state index in [4.69, 9.17) is 22.1 Å². The lowest BCUT2D eigenvalue weighted by Gasteiger charge is -2.28. The Balaban J connectivity index is 1.86. The predicted molar refractivity (Wildman–Crippen MR) is 109 cm³/mol. The molecule has 3 rings (SSSR count). The van der Waals surface area contributed by atoms with Crippen LogP contribution < -0.4 is 9.75 Å². The van der Waals surface area contributed by atoms with Gasteiger partial charge in [0.05, 0.1) is 10.6 Å². The van der Waals surface area contributed by atoms with Gasteiger partial charge in [0, 0.05) is 12.6 Å². The van der Waals surface area contributed by atoms with Gasteiger partial charge in [-0.25, -0.2) is 4.79 Å². The van der Waals surface area contributed by atoms with Crippen molar-refractivity contribution in [1.82, 2.24) is 5.01 Å². The number of anilines is 1. The highest BCUT2D eigenvalue weighted by molar-refractivity contribution is 8.26. The quantitative estimate of drug-likeness (QED) is 0.589. The lowest BCUT2D eigenvalue weighted by Crippen LogP contribution is -2.42. The topological polar surface area (TPSA) is 70.1 Å². The van der Waals surface area contributed by atoms with Crippen molar-refractivity contribution < 1.29 is 19.4 Å². The minimum absolute atomic E-state index is 0.246. The molecule has 0 spiro atoms. The van der Waals surface area contributed by atoms with Crippen LogP contribution in [0.2, 0.25) is 0 Å². The van der Waals surface area contributed by atoms with Gasteiger partial charge in [-0.3, -0.25) is 9.80 Å². The molecule has 2 aromatic carbocycles. The van der Waals surface area contributed by atoms with Gasteiger partial charge in [0.1, 0.15) is 5.75 Å². The van der Waals surface area contributed by atoms with Crippen LogP contribution in [0.3, 0.4) is 0 Å². The molecule has 8 heteroatoms. The fourth-order valence-corrected chi connectivity index (χ4v) is 3.80. The van der Waals surface area contributed by atoms with E-state index in [1.807, 2.05) is 30.3 Å². The second-order valence-corrected chi connectivity index (χ2v) is 7.25. The molecule has 0 aliphatic carbocycles. The summed E-state index contributed by atoms with van der Waals surface area (Å²) in [4.78, 5) is 24.1. The van der Waals surface area contributed by atoms with Crippen LogP contribution in [0, 0.1) is 0 Å². The summed E-state index contributed by atoms with van der Waals surface area (Å²) in [5.41, 5.74) is 1.45. The first-order valence-corrected chi connectivity index (χ1v) is 9.20. The summed E-state index contributed by atoms with van der Waals surface area (Å²) in [6.07, 6.45) is 1.66. The zero-order valence-corrected chi connectivity index (χ0v) is 16.0. The number of hydrazine groups is 1. The Bertz CT molecular complexity index is 915. The van der Waals surface area contributed by atoms with E-state index in [9.17, 15) is 9.59 Å². The van der Waals surface area contributed by atoms with Crippen LogP contribution in [0.5, 0.6) is 5.75 Å². The van der Waals surface area contributed by atoms with Crippen LogP contribution in [-0.2, 0) is 9.59 Å². The molecule has 0 bridgehead atoms. The number of benzene rings is 2. The Morgan fingerprint density at radius 1 is 1.22 bits per heavy atom. The molecule has 138 valence electrons. The zero-order chi connectivity index (χ0) is 19.4. The third kappa shape index (κ3) is 4.29. The number of carboxylic acid groups (broad SMARTS) is 1. The molecule has 1 saturated heterocycles. The molecular weight excluding hydrogens is 384 g/mol. The first kappa shape index (κ1) is 18.9. The number of aliphatic carboxylic acids is 1. The molecule has 1 fully saturated rings. The first-order chi connectivity index (χ1) is 13.0. The molecule has 0 radical (unpaired) electrons. The van der Waals surface area contributed by atoms with E-state index < -0.39 is 12.6 Å². The molecule has 6 nitrogen and oxygen atoms in total. The number of carboxylic acids is 1. The Labute approximate surface area is 166 Å². The number of hydrogen-bond donors (Lipinski definition) is 1. The van der Waals surface area contributed by atoms with Crippen molar-refractivity contribution in [3.05, 3.63) is 65.1 Å². The fraction of sp³-hybridized carbons (Fsp3) is 0.105. The molecule has 1 aliphatic rings. The molecule has 2 aromatic rings. The summed E-state index contributed by atoms with van der Waals surface area (Å²) < 4.78 is 5.71. The van der Waals surface area contributed by atoms with Crippen molar-refractivity contribution in [1.29, 1.82) is 0 Å². The molecule has 1 heterocycles. The van der Waals surface area contributed by atoms with Gasteiger partial charge >= 0.3 is 5.97 Å². The van der Waals surface area contributed by atoms with E-state index >= 15 is 0 Å². The van der Waals surface area contributed by atoms with E-state index in [-0.39, 0.29) is 5.91 Å². The monoisotopic (exact) mass is 400 g/mol. The molecule has 0 aromatic heterocycles. The summed E-state index contributed by atoms with van der Waals surface area (Å²) >= 11 is 6.57. The number of carbonyl (C=O) groups excluding carboxylic acids is 1. The van der Waals surface area contributed by atoms with Crippen LogP contribution in [-0.4, -0.2) is 40.0 Å². The third-order valence-corrected chi connectivity index (χ3v) is 5.04. The van der Waals surface area contributed by atoms with Gasteiger partial charge < -0.3 is 9.84 Å². The molecule has 27 heavy (non-hydrogen) atoms. The average molecular weight is 400 g/mol. The van der Waals surface area contributed by atoms with Crippen molar-refractivity contribution in [2.24, 2.45) is 0 Å². The average Bonchev–Trinajstić information content (AvgIpc) is 2.94. The third-order valence-electron chi connectivity index (χ3n) is 3.76. The number of ether oxygens (including phenoxy) is 1. The predicted octanol–water partition coefficient (Wildman–Crippen LogP) is 3.40. The normalized spacial score (nSPS) is 15.3. The smallest absolute Gasteiger partial charge is 0.341 e. The van der Waals surface area contributed by atoms with Crippen LogP contribution in [0.4, 0.5) is 5.69 Å². The molecule has 0 atom stereocenters. The van der Waals surface area contributed by atoms with E-state index in [1.165, 1.54) is 16.8 Å². The number of thiocarbonyl (C=S) groups is 1. The summed E-state index contributed by atoms with van der Waals surface area (Å²) in [7, 11) is 1.77. The lowest BCUT2D eigenvalue weighted by molar-refractivity contribution is -0.139. The SMILES string of the molecule is CN(c1ccccc1)N1C(=O)C(=Cc2ccccc2OCC(=O)O)SC1=S. The maximum atomic E-state index is 12.9. The summed E-state index contributed by atoms with van der Waals surface area (Å²) in [5.74, 6) is -0.924. The molecule has 1 N–H and O–H groups in total. The number of amides is 1. The van der Waals surface area contributed by atoms with Gasteiger partial charge in [0.2, 0.25) is 0 Å². The lowest BCUT2D eigenvalue weighted by atomic mass is 10.2. The van der Waals surface area contributed by atoms with Gasteiger partial charge in [0.25, 0.3) is 5.91 Å². The number of thioether (sulfide) groups is 1. The molecule has 1 amide bonds. The van der Waals surface area contributed by atoms with Crippen LogP contribution in [0.15, 0.2) is 59.5 Å². The highest BCUT2D eigenvalue weighted by atomic mass is 32.2. The highest BCUT2D eigenvalue weighted by Gasteiger charge is 2.35. The van der Waals surface area contributed by atoms with Gasteiger partial charge in [-0.15, -0.1) is 0 Å². The standard InChI is InChI=1S/C19H16N2O4S2/c1-20(14-8-3-2-4-9-14)21-18(24)16(27-19(21)26)11-13-7-5-6-10-15(13)25-12-17(22)23/h2-11H,12H2,1H3,(H,22,23). The second kappa shape index (κ2) is 8.24. The number of hydrogen-bond acceptors (Lipinski definition) is 6. The summed E-state index contributed by atoms with van der Waals surface area (Å²) in [6, 6.07) is 16.4. The number of rotatable bonds is 6. The van der Waals surface area contributed by atoms with Crippen LogP contribution >= 0.6 is 24.0 Å². The van der Waals surface area contributed by atoms with E-state index in [0.29, 0.717) is 20.5 Å². The van der Waals surface area contributed by atoms with Gasteiger partial charge in [-0.2, -0.15) is 5.01 Å². The van der Waals surface area contributed by atoms with E-state index in [2.05, 4.69) is 0 Å². The minimum atomic E-state index is -1.07. The van der Waals surface area contributed by atoms with Crippen molar-refractivity contribution >= 4 is 51.9 Å². The second-order valence-electron chi connectivity index (χ2n) is 5.57. The number of nitrogens with zero attached hydrogens (tertiary/aromatic N) is 2. The molecule has 1 aliphatic heterocycles. The van der Waals surface area contributed by atoms with Crippen LogP contribution in [0.25, 0.3) is 6.08 Å². The summed E-state index contributed by atoms with van der Waals surface area (Å²) in [6.45, 7) is -0.456. The van der Waals surface area contributed by atoms with Crippen molar-refractivity contribution in [3.8, 4) is 5.75 Å². The Morgan fingerprint density at radius 3 is 2.59 bits per heavy atom. The van der Waals surface area contributed by atoms with Gasteiger partial charge in [-0.1, -0.05) is 48.2 Å². The zero-order valence-electron chi connectivity index (χ0n) is 14.4. The molecular formula is C19H16N2O4S2. The van der Waals surface area contributed by atoms with Crippen molar-refractivity contribution in [2.45, 2.75) is 0 Å². The maximum absolute atomic E-state index is 12.9. The largest absolute Gasteiger partial charge is 0.481 e. The van der Waals surface area contributed by atoms with Gasteiger partial charge in [-0.05, 0) is 36.5 Å². The van der Waals surface area contributed by atoms with Crippen LogP contribution in [0.1, 0.15) is 5.56 Å². The van der Waals surface area contributed by atoms with E-state index in [0.717, 1.165) is 5.69 Å². The van der Waals surface area contributed by atoms with Crippen molar-refractivity contribution in [3.63, 3.8) is 0 Å². The Kier molecular flexibility index (Phi) is 5.78. The minimum Gasteiger partial charge on any atom is -0.481 e. The Morgan fingerprint density at radius 2 is 1.89 bits per heavy atom. The molecule has 0 saturated carbocycles. The van der Waals surface area contributed by atoms with E-state index in [1.54, 1.807) is 42.4 Å². The van der Waals surface area contributed by atoms with Crippen molar-refractivity contribution in [2.75, 3.05) is 18.7 Å². The Hall–Kier alpha value is -2.84. The number of carbonyl (C=O) groups is 2. The maximum Gasteiger partial charge on any atom is 0.341 e.